The summed E-state index contributed by atoms with van der Waals surface area (Å²) in [6, 6.07) is 3.69. The molecule has 1 aromatic heterocycles. The molecule has 2 saturated carbocycles. The summed E-state index contributed by atoms with van der Waals surface area (Å²) in [6.45, 7) is 2.24. The fraction of sp³-hybridized carbons (Fsp3) is 0.571. The summed E-state index contributed by atoms with van der Waals surface area (Å²) < 4.78 is 6.15. The third-order valence-electron chi connectivity index (χ3n) is 4.57. The first-order valence-corrected chi connectivity index (χ1v) is 7.77. The van der Waals surface area contributed by atoms with Gasteiger partial charge in [-0.2, -0.15) is 5.10 Å². The number of halogens is 1. The molecular formula is C14H17IN2O2. The van der Waals surface area contributed by atoms with E-state index in [1.807, 2.05) is 12.1 Å². The fourth-order valence-corrected chi connectivity index (χ4v) is 3.91. The van der Waals surface area contributed by atoms with Crippen molar-refractivity contribution in [3.8, 4) is 0 Å². The van der Waals surface area contributed by atoms with Crippen LogP contribution in [-0.2, 0) is 4.79 Å². The maximum Gasteiger partial charge on any atom is 0.244 e. The van der Waals surface area contributed by atoms with E-state index in [2.05, 4.69) is 40.0 Å². The quantitative estimate of drug-likeness (QED) is 0.504. The van der Waals surface area contributed by atoms with Gasteiger partial charge in [-0.25, -0.2) is 5.43 Å². The average molecular weight is 372 g/mol. The Hall–Kier alpha value is -0.850. The van der Waals surface area contributed by atoms with Gasteiger partial charge in [0.15, 0.2) is 3.77 Å². The van der Waals surface area contributed by atoms with Crippen molar-refractivity contribution in [1.29, 1.82) is 0 Å². The van der Waals surface area contributed by atoms with E-state index in [1.54, 1.807) is 6.21 Å². The van der Waals surface area contributed by atoms with Crippen molar-refractivity contribution < 1.29 is 9.21 Å². The number of fused-ring (bicyclic) bond motifs is 1. The molecule has 0 aromatic carbocycles. The van der Waals surface area contributed by atoms with Gasteiger partial charge in [-0.3, -0.25) is 4.79 Å². The Morgan fingerprint density at radius 3 is 3.05 bits per heavy atom. The molecule has 3 atom stereocenters. The SMILES string of the molecule is C[C@]12CCCC[C@H]1[C@@H]2C(=O)N/N=C\c1ccc(I)o1. The van der Waals surface area contributed by atoms with Crippen LogP contribution < -0.4 is 5.43 Å². The molecule has 0 bridgehead atoms. The molecule has 102 valence electrons. The van der Waals surface area contributed by atoms with Gasteiger partial charge in [0.1, 0.15) is 5.76 Å². The highest BCUT2D eigenvalue weighted by Crippen LogP contribution is 2.66. The van der Waals surface area contributed by atoms with Crippen molar-refractivity contribution in [2.75, 3.05) is 0 Å². The second kappa shape index (κ2) is 4.92. The van der Waals surface area contributed by atoms with Crippen LogP contribution in [0.25, 0.3) is 0 Å². The molecule has 2 aliphatic carbocycles. The molecule has 1 N–H and O–H groups in total. The first-order chi connectivity index (χ1) is 9.11. The number of hydrazone groups is 1. The molecule has 1 amide bonds. The van der Waals surface area contributed by atoms with Crippen LogP contribution in [0.3, 0.4) is 0 Å². The van der Waals surface area contributed by atoms with E-state index in [0.29, 0.717) is 11.7 Å². The standard InChI is InChI=1S/C14H17IN2O2/c1-14-7-3-2-4-10(14)12(14)13(18)17-16-8-9-5-6-11(15)19-9/h5-6,8,10,12H,2-4,7H2,1H3,(H,17,18)/b16-8-/t10-,12+,14-/m0/s1. The summed E-state index contributed by atoms with van der Waals surface area (Å²) in [5.41, 5.74) is 2.89. The zero-order valence-corrected chi connectivity index (χ0v) is 13.0. The summed E-state index contributed by atoms with van der Waals surface area (Å²) in [5, 5.41) is 3.98. The molecule has 0 unspecified atom stereocenters. The summed E-state index contributed by atoms with van der Waals surface area (Å²) in [6.07, 6.45) is 6.43. The van der Waals surface area contributed by atoms with Crippen molar-refractivity contribution in [2.24, 2.45) is 22.4 Å². The zero-order chi connectivity index (χ0) is 13.5. The maximum absolute atomic E-state index is 12.1. The van der Waals surface area contributed by atoms with Gasteiger partial charge in [0.05, 0.1) is 6.21 Å². The number of amides is 1. The van der Waals surface area contributed by atoms with Gasteiger partial charge in [-0.15, -0.1) is 0 Å². The van der Waals surface area contributed by atoms with Crippen LogP contribution in [0.15, 0.2) is 21.7 Å². The molecule has 1 heterocycles. The van der Waals surface area contributed by atoms with Crippen molar-refractivity contribution in [2.45, 2.75) is 32.6 Å². The second-order valence-electron chi connectivity index (χ2n) is 5.71. The molecular weight excluding hydrogens is 355 g/mol. The maximum atomic E-state index is 12.1. The Balaban J connectivity index is 1.56. The molecule has 1 aromatic rings. The monoisotopic (exact) mass is 372 g/mol. The molecule has 0 spiro atoms. The third kappa shape index (κ3) is 2.44. The number of nitrogens with one attached hydrogen (secondary N) is 1. The number of furan rings is 1. The summed E-state index contributed by atoms with van der Waals surface area (Å²) in [5.74, 6) is 1.45. The molecule has 2 fully saturated rings. The van der Waals surface area contributed by atoms with Gasteiger partial charge in [0.2, 0.25) is 5.91 Å². The van der Waals surface area contributed by atoms with Gasteiger partial charge in [-0.1, -0.05) is 19.8 Å². The lowest BCUT2D eigenvalue weighted by Gasteiger charge is -2.15. The largest absolute Gasteiger partial charge is 0.449 e. The lowest BCUT2D eigenvalue weighted by atomic mass is 9.90. The Labute approximate surface area is 126 Å². The first kappa shape index (κ1) is 13.1. The molecule has 5 heteroatoms. The van der Waals surface area contributed by atoms with Crippen molar-refractivity contribution >= 4 is 34.7 Å². The summed E-state index contributed by atoms with van der Waals surface area (Å²) in [4.78, 5) is 12.1. The van der Waals surface area contributed by atoms with Crippen LogP contribution in [0.4, 0.5) is 0 Å². The molecule has 19 heavy (non-hydrogen) atoms. The highest BCUT2D eigenvalue weighted by molar-refractivity contribution is 14.1. The third-order valence-corrected chi connectivity index (χ3v) is 5.15. The van der Waals surface area contributed by atoms with E-state index in [1.165, 1.54) is 25.7 Å². The Kier molecular flexibility index (Phi) is 3.41. The molecule has 2 aliphatic rings. The summed E-state index contributed by atoms with van der Waals surface area (Å²) >= 11 is 2.09. The second-order valence-corrected chi connectivity index (χ2v) is 6.78. The molecule has 3 rings (SSSR count). The minimum absolute atomic E-state index is 0.0619. The van der Waals surface area contributed by atoms with E-state index < -0.39 is 0 Å². The number of hydrogen-bond donors (Lipinski definition) is 1. The molecule has 0 saturated heterocycles. The van der Waals surface area contributed by atoms with Crippen LogP contribution in [0.1, 0.15) is 38.4 Å². The summed E-state index contributed by atoms with van der Waals surface area (Å²) in [7, 11) is 0. The van der Waals surface area contributed by atoms with Crippen LogP contribution >= 0.6 is 22.6 Å². The van der Waals surface area contributed by atoms with Gasteiger partial charge in [0, 0.05) is 5.92 Å². The average Bonchev–Trinajstić information content (AvgIpc) is 2.81. The predicted molar refractivity (Wildman–Crippen MR) is 80.7 cm³/mol. The van der Waals surface area contributed by atoms with Gasteiger partial charge in [0.25, 0.3) is 0 Å². The van der Waals surface area contributed by atoms with Crippen LogP contribution in [0.5, 0.6) is 0 Å². The number of rotatable bonds is 3. The van der Waals surface area contributed by atoms with E-state index in [-0.39, 0.29) is 17.2 Å². The Bertz CT molecular complexity index is 525. The van der Waals surface area contributed by atoms with Crippen LogP contribution in [-0.4, -0.2) is 12.1 Å². The molecule has 4 nitrogen and oxygen atoms in total. The van der Waals surface area contributed by atoms with Gasteiger partial charge < -0.3 is 4.42 Å². The number of nitrogens with zero attached hydrogens (tertiary/aromatic N) is 1. The highest BCUT2D eigenvalue weighted by Gasteiger charge is 2.64. The molecule has 0 aliphatic heterocycles. The van der Waals surface area contributed by atoms with E-state index >= 15 is 0 Å². The first-order valence-electron chi connectivity index (χ1n) is 6.69. The number of carbonyl (C=O) groups excluding carboxylic acids is 1. The smallest absolute Gasteiger partial charge is 0.244 e. The van der Waals surface area contributed by atoms with E-state index in [4.69, 9.17) is 4.42 Å². The Morgan fingerprint density at radius 2 is 2.42 bits per heavy atom. The van der Waals surface area contributed by atoms with Crippen molar-refractivity contribution in [1.82, 2.24) is 5.43 Å². The van der Waals surface area contributed by atoms with Crippen LogP contribution in [0.2, 0.25) is 0 Å². The molecule has 0 radical (unpaired) electrons. The van der Waals surface area contributed by atoms with Gasteiger partial charge in [-0.05, 0) is 58.9 Å². The highest BCUT2D eigenvalue weighted by atomic mass is 127. The van der Waals surface area contributed by atoms with Gasteiger partial charge >= 0.3 is 0 Å². The van der Waals surface area contributed by atoms with Crippen LogP contribution in [0, 0.1) is 21.0 Å². The zero-order valence-electron chi connectivity index (χ0n) is 10.9. The minimum atomic E-state index is 0.0619. The van der Waals surface area contributed by atoms with E-state index in [9.17, 15) is 4.79 Å². The predicted octanol–water partition coefficient (Wildman–Crippen LogP) is 3.16. The minimum Gasteiger partial charge on any atom is -0.449 e. The van der Waals surface area contributed by atoms with Crippen molar-refractivity contribution in [3.05, 3.63) is 21.7 Å². The topological polar surface area (TPSA) is 54.6 Å². The fourth-order valence-electron chi connectivity index (χ4n) is 3.48. The Morgan fingerprint density at radius 1 is 1.58 bits per heavy atom. The lowest BCUT2D eigenvalue weighted by Crippen LogP contribution is -2.22. The lowest BCUT2D eigenvalue weighted by molar-refractivity contribution is -0.123. The number of hydrogen-bond acceptors (Lipinski definition) is 3. The number of carbonyl (C=O) groups is 1. The van der Waals surface area contributed by atoms with Crippen molar-refractivity contribution in [3.63, 3.8) is 0 Å². The van der Waals surface area contributed by atoms with E-state index in [0.717, 1.165) is 3.77 Å². The normalized spacial score (nSPS) is 33.2.